The monoisotopic (exact) mass is 457 g/mol. The quantitative estimate of drug-likeness (QED) is 0.718. The number of fused-ring (bicyclic) bond motifs is 1. The van der Waals surface area contributed by atoms with Crippen LogP contribution in [-0.4, -0.2) is 50.3 Å². The van der Waals surface area contributed by atoms with E-state index >= 15 is 0 Å². The standard InChI is InChI=1S/C23H27N3O5S/c1-3-12-26-20-15-18(8-11-21(20)31-16(2)23(26)28)24-22(27)17-6-9-19(10-7-17)32(29,30)25-13-4-5-14-25/h6-11,15-16H,3-5,12-14H2,1-2H3,(H,24,27). The van der Waals surface area contributed by atoms with Gasteiger partial charge in [0.05, 0.1) is 10.6 Å². The Hall–Kier alpha value is -2.91. The van der Waals surface area contributed by atoms with Crippen molar-refractivity contribution < 1.29 is 22.7 Å². The van der Waals surface area contributed by atoms with Gasteiger partial charge in [-0.3, -0.25) is 9.59 Å². The lowest BCUT2D eigenvalue weighted by Gasteiger charge is -2.33. The molecule has 0 saturated carbocycles. The molecular weight excluding hydrogens is 430 g/mol. The molecule has 2 amide bonds. The van der Waals surface area contributed by atoms with Crippen molar-refractivity contribution >= 4 is 33.2 Å². The molecular formula is C23H27N3O5S. The lowest BCUT2D eigenvalue weighted by Crippen LogP contribution is -2.44. The van der Waals surface area contributed by atoms with Crippen LogP contribution >= 0.6 is 0 Å². The van der Waals surface area contributed by atoms with Crippen LogP contribution in [0.5, 0.6) is 5.75 Å². The zero-order chi connectivity index (χ0) is 22.9. The molecule has 0 bridgehead atoms. The molecule has 0 spiro atoms. The van der Waals surface area contributed by atoms with Crippen LogP contribution < -0.4 is 15.0 Å². The normalized spacial score (nSPS) is 18.9. The molecule has 0 aromatic heterocycles. The number of sulfonamides is 1. The van der Waals surface area contributed by atoms with Crippen molar-refractivity contribution in [2.45, 2.75) is 44.1 Å². The first-order chi connectivity index (χ1) is 15.3. The molecule has 1 fully saturated rings. The van der Waals surface area contributed by atoms with Crippen LogP contribution in [0.25, 0.3) is 0 Å². The maximum absolute atomic E-state index is 12.7. The first-order valence-electron chi connectivity index (χ1n) is 10.8. The van der Waals surface area contributed by atoms with E-state index in [-0.39, 0.29) is 16.7 Å². The molecule has 32 heavy (non-hydrogen) atoms. The summed E-state index contributed by atoms with van der Waals surface area (Å²) in [5.74, 6) is 0.117. The lowest BCUT2D eigenvalue weighted by molar-refractivity contribution is -0.125. The van der Waals surface area contributed by atoms with Gasteiger partial charge >= 0.3 is 0 Å². The van der Waals surface area contributed by atoms with Gasteiger partial charge in [-0.05, 0) is 68.7 Å². The molecule has 0 aliphatic carbocycles. The van der Waals surface area contributed by atoms with Gasteiger partial charge in [0.1, 0.15) is 5.75 Å². The van der Waals surface area contributed by atoms with Crippen LogP contribution in [0, 0.1) is 0 Å². The van der Waals surface area contributed by atoms with E-state index in [0.29, 0.717) is 42.3 Å². The Bertz CT molecular complexity index is 1120. The van der Waals surface area contributed by atoms with E-state index in [4.69, 9.17) is 4.74 Å². The number of amides is 2. The van der Waals surface area contributed by atoms with E-state index in [1.165, 1.54) is 28.6 Å². The number of nitrogens with zero attached hydrogens (tertiary/aromatic N) is 2. The summed E-state index contributed by atoms with van der Waals surface area (Å²) in [6.45, 7) is 5.33. The van der Waals surface area contributed by atoms with Crippen LogP contribution in [0.4, 0.5) is 11.4 Å². The van der Waals surface area contributed by atoms with Crippen molar-refractivity contribution in [1.29, 1.82) is 0 Å². The van der Waals surface area contributed by atoms with Crippen LogP contribution in [0.2, 0.25) is 0 Å². The summed E-state index contributed by atoms with van der Waals surface area (Å²) < 4.78 is 32.5. The van der Waals surface area contributed by atoms with E-state index in [9.17, 15) is 18.0 Å². The van der Waals surface area contributed by atoms with Crippen molar-refractivity contribution in [3.05, 3.63) is 48.0 Å². The molecule has 2 aliphatic rings. The highest BCUT2D eigenvalue weighted by atomic mass is 32.2. The Balaban J connectivity index is 1.51. The van der Waals surface area contributed by atoms with Crippen LogP contribution in [0.1, 0.15) is 43.5 Å². The van der Waals surface area contributed by atoms with Gasteiger partial charge < -0.3 is 15.0 Å². The molecule has 1 saturated heterocycles. The Morgan fingerprint density at radius 2 is 1.81 bits per heavy atom. The third-order valence-electron chi connectivity index (χ3n) is 5.69. The molecule has 8 nitrogen and oxygen atoms in total. The molecule has 1 N–H and O–H groups in total. The molecule has 2 aliphatic heterocycles. The molecule has 9 heteroatoms. The van der Waals surface area contributed by atoms with Gasteiger partial charge in [-0.1, -0.05) is 6.92 Å². The Morgan fingerprint density at radius 3 is 2.47 bits per heavy atom. The maximum Gasteiger partial charge on any atom is 0.267 e. The summed E-state index contributed by atoms with van der Waals surface area (Å²) in [7, 11) is -3.52. The minimum absolute atomic E-state index is 0.113. The summed E-state index contributed by atoms with van der Waals surface area (Å²) in [6, 6.07) is 11.1. The van der Waals surface area contributed by atoms with Gasteiger partial charge in [0.25, 0.3) is 11.8 Å². The second kappa shape index (κ2) is 8.91. The molecule has 170 valence electrons. The van der Waals surface area contributed by atoms with E-state index in [1.54, 1.807) is 30.0 Å². The van der Waals surface area contributed by atoms with E-state index in [0.717, 1.165) is 19.3 Å². The number of ether oxygens (including phenoxy) is 1. The molecule has 2 heterocycles. The van der Waals surface area contributed by atoms with E-state index in [1.807, 2.05) is 6.92 Å². The molecule has 2 aromatic carbocycles. The van der Waals surface area contributed by atoms with Gasteiger partial charge in [-0.15, -0.1) is 0 Å². The number of anilines is 2. The minimum Gasteiger partial charge on any atom is -0.479 e. The first-order valence-corrected chi connectivity index (χ1v) is 12.3. The Labute approximate surface area is 188 Å². The topological polar surface area (TPSA) is 96.0 Å². The fraction of sp³-hybridized carbons (Fsp3) is 0.391. The minimum atomic E-state index is -3.52. The average molecular weight is 458 g/mol. The van der Waals surface area contributed by atoms with Crippen molar-refractivity contribution in [3.63, 3.8) is 0 Å². The molecule has 2 aromatic rings. The van der Waals surface area contributed by atoms with Gasteiger partial charge in [0.2, 0.25) is 10.0 Å². The lowest BCUT2D eigenvalue weighted by atomic mass is 10.1. The summed E-state index contributed by atoms with van der Waals surface area (Å²) >= 11 is 0. The highest BCUT2D eigenvalue weighted by Gasteiger charge is 2.31. The Kier molecular flexibility index (Phi) is 6.21. The van der Waals surface area contributed by atoms with Gasteiger partial charge in [0.15, 0.2) is 6.10 Å². The van der Waals surface area contributed by atoms with Crippen molar-refractivity contribution in [3.8, 4) is 5.75 Å². The summed E-state index contributed by atoms with van der Waals surface area (Å²) in [6.07, 6.45) is 1.98. The van der Waals surface area contributed by atoms with E-state index < -0.39 is 16.1 Å². The highest BCUT2D eigenvalue weighted by Crippen LogP contribution is 2.36. The van der Waals surface area contributed by atoms with E-state index in [2.05, 4.69) is 5.32 Å². The number of hydrogen-bond donors (Lipinski definition) is 1. The zero-order valence-electron chi connectivity index (χ0n) is 18.2. The van der Waals surface area contributed by atoms with Gasteiger partial charge in [-0.25, -0.2) is 8.42 Å². The summed E-state index contributed by atoms with van der Waals surface area (Å²) in [5, 5.41) is 2.82. The largest absolute Gasteiger partial charge is 0.479 e. The SMILES string of the molecule is CCCN1C(=O)C(C)Oc2ccc(NC(=O)c3ccc(S(=O)(=O)N4CCCC4)cc3)cc21. The zero-order valence-corrected chi connectivity index (χ0v) is 19.0. The number of rotatable bonds is 6. The van der Waals surface area contributed by atoms with Crippen molar-refractivity contribution in [2.75, 3.05) is 29.9 Å². The second-order valence-electron chi connectivity index (χ2n) is 8.02. The number of carbonyl (C=O) groups excluding carboxylic acids is 2. The predicted molar refractivity (Wildman–Crippen MR) is 122 cm³/mol. The third-order valence-corrected chi connectivity index (χ3v) is 7.60. The number of nitrogens with one attached hydrogen (secondary N) is 1. The molecule has 1 atom stereocenters. The third kappa shape index (κ3) is 4.22. The maximum atomic E-state index is 12.7. The smallest absolute Gasteiger partial charge is 0.267 e. The predicted octanol–water partition coefficient (Wildman–Crippen LogP) is 3.25. The molecule has 0 radical (unpaired) electrons. The summed E-state index contributed by atoms with van der Waals surface area (Å²) in [5.41, 5.74) is 1.49. The fourth-order valence-electron chi connectivity index (χ4n) is 4.00. The highest BCUT2D eigenvalue weighted by molar-refractivity contribution is 7.89. The van der Waals surface area contributed by atoms with Crippen molar-refractivity contribution in [2.24, 2.45) is 0 Å². The average Bonchev–Trinajstić information content (AvgIpc) is 3.33. The number of benzene rings is 2. The van der Waals surface area contributed by atoms with Gasteiger partial charge in [0, 0.05) is 30.9 Å². The van der Waals surface area contributed by atoms with Crippen LogP contribution in [-0.2, 0) is 14.8 Å². The number of hydrogen-bond acceptors (Lipinski definition) is 5. The van der Waals surface area contributed by atoms with Crippen LogP contribution in [0.15, 0.2) is 47.4 Å². The molecule has 4 rings (SSSR count). The summed E-state index contributed by atoms with van der Waals surface area (Å²) in [4.78, 5) is 27.1. The van der Waals surface area contributed by atoms with Crippen LogP contribution in [0.3, 0.4) is 0 Å². The number of carbonyl (C=O) groups is 2. The Morgan fingerprint density at radius 1 is 1.12 bits per heavy atom. The molecule has 1 unspecified atom stereocenters. The second-order valence-corrected chi connectivity index (χ2v) is 9.96. The first kappa shape index (κ1) is 22.3. The fourth-order valence-corrected chi connectivity index (χ4v) is 5.52. The van der Waals surface area contributed by atoms with Crippen molar-refractivity contribution in [1.82, 2.24) is 4.31 Å². The van der Waals surface area contributed by atoms with Gasteiger partial charge in [-0.2, -0.15) is 4.31 Å².